The molecule has 1 heterocycles. The van der Waals surface area contributed by atoms with Crippen molar-refractivity contribution in [3.05, 3.63) is 59.1 Å². The first-order valence-electron chi connectivity index (χ1n) is 8.73. The fraction of sp³-hybridized carbons (Fsp3) is 0.190. The van der Waals surface area contributed by atoms with Crippen molar-refractivity contribution >= 4 is 28.9 Å². The summed E-state index contributed by atoms with van der Waals surface area (Å²) in [5, 5.41) is 3.35. The van der Waals surface area contributed by atoms with E-state index in [1.54, 1.807) is 45.4 Å². The minimum atomic E-state index is -0.583. The predicted molar refractivity (Wildman–Crippen MR) is 111 cm³/mol. The smallest absolute Gasteiger partial charge is 0.350 e. The molecule has 0 spiro atoms. The molecule has 1 N–H and O–H groups in total. The van der Waals surface area contributed by atoms with Gasteiger partial charge in [-0.25, -0.2) is 9.78 Å². The Balaban J connectivity index is 1.61. The average Bonchev–Trinajstić information content (AvgIpc) is 3.14. The molecule has 150 valence electrons. The summed E-state index contributed by atoms with van der Waals surface area (Å²) < 4.78 is 15.4. The number of aryl methyl sites for hydroxylation is 1. The Kier molecular flexibility index (Phi) is 6.46. The SMILES string of the molecule is COc1ccc(-c2nc(C)c(C(=O)OCC(=O)Nc3cccc(OC)c3)s2)cc1. The summed E-state index contributed by atoms with van der Waals surface area (Å²) in [6.45, 7) is 1.34. The molecule has 1 aromatic heterocycles. The average molecular weight is 412 g/mol. The fourth-order valence-electron chi connectivity index (χ4n) is 2.54. The van der Waals surface area contributed by atoms with Crippen LogP contribution in [0.2, 0.25) is 0 Å². The van der Waals surface area contributed by atoms with Crippen molar-refractivity contribution < 1.29 is 23.8 Å². The molecule has 0 fully saturated rings. The van der Waals surface area contributed by atoms with Crippen LogP contribution in [0, 0.1) is 6.92 Å². The van der Waals surface area contributed by atoms with Crippen molar-refractivity contribution in [1.82, 2.24) is 4.98 Å². The molecule has 1 amide bonds. The van der Waals surface area contributed by atoms with Crippen molar-refractivity contribution in [2.75, 3.05) is 26.1 Å². The number of amides is 1. The van der Waals surface area contributed by atoms with E-state index in [1.165, 1.54) is 11.3 Å². The number of esters is 1. The Bertz CT molecular complexity index is 1010. The maximum atomic E-state index is 12.4. The van der Waals surface area contributed by atoms with E-state index in [2.05, 4.69) is 10.3 Å². The van der Waals surface area contributed by atoms with Gasteiger partial charge in [-0.15, -0.1) is 11.3 Å². The largest absolute Gasteiger partial charge is 0.497 e. The molecule has 2 aromatic carbocycles. The number of carbonyl (C=O) groups is 2. The second kappa shape index (κ2) is 9.20. The van der Waals surface area contributed by atoms with Crippen LogP contribution in [0.15, 0.2) is 48.5 Å². The molecule has 0 aliphatic carbocycles. The maximum absolute atomic E-state index is 12.4. The van der Waals surface area contributed by atoms with Crippen LogP contribution < -0.4 is 14.8 Å². The van der Waals surface area contributed by atoms with Crippen LogP contribution in [0.3, 0.4) is 0 Å². The van der Waals surface area contributed by atoms with Gasteiger partial charge < -0.3 is 19.5 Å². The molecule has 29 heavy (non-hydrogen) atoms. The lowest BCUT2D eigenvalue weighted by Gasteiger charge is -2.07. The Morgan fingerprint density at radius 2 is 1.76 bits per heavy atom. The summed E-state index contributed by atoms with van der Waals surface area (Å²) in [6, 6.07) is 14.3. The van der Waals surface area contributed by atoms with Gasteiger partial charge in [0.1, 0.15) is 21.4 Å². The highest BCUT2D eigenvalue weighted by atomic mass is 32.1. The fourth-order valence-corrected chi connectivity index (χ4v) is 3.50. The zero-order valence-corrected chi connectivity index (χ0v) is 17.0. The van der Waals surface area contributed by atoms with Crippen LogP contribution in [0.25, 0.3) is 10.6 Å². The second-order valence-electron chi connectivity index (χ2n) is 6.02. The van der Waals surface area contributed by atoms with Crippen molar-refractivity contribution in [2.24, 2.45) is 0 Å². The third-order valence-electron chi connectivity index (χ3n) is 4.01. The van der Waals surface area contributed by atoms with Gasteiger partial charge in [0.25, 0.3) is 5.91 Å². The molecule has 0 aliphatic heterocycles. The molecule has 0 atom stereocenters. The van der Waals surface area contributed by atoms with Gasteiger partial charge in [0.2, 0.25) is 0 Å². The maximum Gasteiger partial charge on any atom is 0.350 e. The molecule has 7 nitrogen and oxygen atoms in total. The van der Waals surface area contributed by atoms with Crippen LogP contribution in [0.1, 0.15) is 15.4 Å². The number of ether oxygens (including phenoxy) is 3. The molecule has 0 aliphatic rings. The summed E-state index contributed by atoms with van der Waals surface area (Å²) >= 11 is 1.22. The third-order valence-corrected chi connectivity index (χ3v) is 5.19. The van der Waals surface area contributed by atoms with E-state index in [9.17, 15) is 9.59 Å². The van der Waals surface area contributed by atoms with Gasteiger partial charge in [-0.2, -0.15) is 0 Å². The minimum Gasteiger partial charge on any atom is -0.497 e. The van der Waals surface area contributed by atoms with Crippen molar-refractivity contribution in [1.29, 1.82) is 0 Å². The number of thiazole rings is 1. The number of hydrogen-bond acceptors (Lipinski definition) is 7. The van der Waals surface area contributed by atoms with Gasteiger partial charge in [0.05, 0.1) is 19.9 Å². The normalized spacial score (nSPS) is 10.3. The van der Waals surface area contributed by atoms with Gasteiger partial charge in [-0.3, -0.25) is 4.79 Å². The van der Waals surface area contributed by atoms with E-state index in [0.29, 0.717) is 27.0 Å². The van der Waals surface area contributed by atoms with Crippen molar-refractivity contribution in [2.45, 2.75) is 6.92 Å². The van der Waals surface area contributed by atoms with Crippen LogP contribution in [-0.4, -0.2) is 37.7 Å². The van der Waals surface area contributed by atoms with Gasteiger partial charge in [-0.1, -0.05) is 6.07 Å². The van der Waals surface area contributed by atoms with Crippen LogP contribution in [0.4, 0.5) is 5.69 Å². The van der Waals surface area contributed by atoms with Gasteiger partial charge in [0.15, 0.2) is 6.61 Å². The molecule has 0 unspecified atom stereocenters. The molecule has 0 saturated carbocycles. The first-order chi connectivity index (χ1) is 14.0. The Hall–Kier alpha value is -3.39. The van der Waals surface area contributed by atoms with E-state index in [4.69, 9.17) is 14.2 Å². The predicted octanol–water partition coefficient (Wildman–Crippen LogP) is 3.93. The topological polar surface area (TPSA) is 86.8 Å². The number of nitrogens with one attached hydrogen (secondary N) is 1. The second-order valence-corrected chi connectivity index (χ2v) is 7.02. The van der Waals surface area contributed by atoms with E-state index >= 15 is 0 Å². The van der Waals surface area contributed by atoms with Crippen LogP contribution >= 0.6 is 11.3 Å². The quantitative estimate of drug-likeness (QED) is 0.592. The molecular weight excluding hydrogens is 392 g/mol. The number of carbonyl (C=O) groups excluding carboxylic acids is 2. The molecular formula is C21H20N2O5S. The first kappa shape index (κ1) is 20.3. The lowest BCUT2D eigenvalue weighted by molar-refractivity contribution is -0.119. The van der Waals surface area contributed by atoms with E-state index < -0.39 is 18.5 Å². The zero-order valence-electron chi connectivity index (χ0n) is 16.2. The first-order valence-corrected chi connectivity index (χ1v) is 9.54. The molecule has 0 radical (unpaired) electrons. The molecule has 0 saturated heterocycles. The number of nitrogens with zero attached hydrogens (tertiary/aromatic N) is 1. The van der Waals surface area contributed by atoms with Crippen LogP contribution in [-0.2, 0) is 9.53 Å². The van der Waals surface area contributed by atoms with Crippen molar-refractivity contribution in [3.63, 3.8) is 0 Å². The number of aromatic nitrogens is 1. The highest BCUT2D eigenvalue weighted by Gasteiger charge is 2.19. The molecule has 0 bridgehead atoms. The van der Waals surface area contributed by atoms with E-state index in [0.717, 1.165) is 11.3 Å². The summed E-state index contributed by atoms with van der Waals surface area (Å²) in [7, 11) is 3.14. The Morgan fingerprint density at radius 1 is 1.03 bits per heavy atom. The Labute approximate surface area is 172 Å². The third kappa shape index (κ3) is 5.11. The summed E-state index contributed by atoms with van der Waals surface area (Å²) in [4.78, 5) is 29.3. The summed E-state index contributed by atoms with van der Waals surface area (Å²) in [5.41, 5.74) is 1.98. The minimum absolute atomic E-state index is 0.366. The number of anilines is 1. The monoisotopic (exact) mass is 412 g/mol. The number of hydrogen-bond donors (Lipinski definition) is 1. The van der Waals surface area contributed by atoms with Gasteiger partial charge in [0, 0.05) is 17.3 Å². The summed E-state index contributed by atoms with van der Waals surface area (Å²) in [5.74, 6) is 0.333. The zero-order chi connectivity index (χ0) is 20.8. The standard InChI is InChI=1S/C21H20N2O5S/c1-13-19(29-20(22-13)14-7-9-16(26-2)10-8-14)21(25)28-12-18(24)23-15-5-4-6-17(11-15)27-3/h4-11H,12H2,1-3H3,(H,23,24). The highest BCUT2D eigenvalue weighted by molar-refractivity contribution is 7.17. The molecule has 3 rings (SSSR count). The van der Waals surface area contributed by atoms with E-state index in [-0.39, 0.29) is 0 Å². The highest BCUT2D eigenvalue weighted by Crippen LogP contribution is 2.29. The summed E-state index contributed by atoms with van der Waals surface area (Å²) in [6.07, 6.45) is 0. The number of benzene rings is 2. The number of rotatable bonds is 7. The van der Waals surface area contributed by atoms with Crippen molar-refractivity contribution in [3.8, 4) is 22.1 Å². The number of methoxy groups -OCH3 is 2. The molecule has 3 aromatic rings. The van der Waals surface area contributed by atoms with E-state index in [1.807, 2.05) is 24.3 Å². The molecule has 8 heteroatoms. The Morgan fingerprint density at radius 3 is 2.45 bits per heavy atom. The van der Waals surface area contributed by atoms with Gasteiger partial charge in [-0.05, 0) is 43.3 Å². The lowest BCUT2D eigenvalue weighted by Crippen LogP contribution is -2.20. The van der Waals surface area contributed by atoms with Crippen LogP contribution in [0.5, 0.6) is 11.5 Å². The lowest BCUT2D eigenvalue weighted by atomic mass is 10.2. The van der Waals surface area contributed by atoms with Gasteiger partial charge >= 0.3 is 5.97 Å².